The van der Waals surface area contributed by atoms with E-state index in [0.717, 1.165) is 5.56 Å². The zero-order valence-electron chi connectivity index (χ0n) is 11.2. The molecule has 0 radical (unpaired) electrons. The summed E-state index contributed by atoms with van der Waals surface area (Å²) < 4.78 is 30.8. The van der Waals surface area contributed by atoms with Gasteiger partial charge in [0.2, 0.25) is 6.43 Å². The number of benzene rings is 1. The normalized spacial score (nSPS) is 27.8. The predicted octanol–water partition coefficient (Wildman–Crippen LogP) is 1.11. The summed E-state index contributed by atoms with van der Waals surface area (Å²) >= 11 is 0. The number of methoxy groups -OCH3 is 1. The minimum Gasteiger partial charge on any atom is -0.497 e. The first-order valence-electron chi connectivity index (χ1n) is 6.51. The highest BCUT2D eigenvalue weighted by atomic mass is 19.3. The lowest BCUT2D eigenvalue weighted by molar-refractivity contribution is -0.118. The Morgan fingerprint density at radius 1 is 1.35 bits per heavy atom. The highest BCUT2D eigenvalue weighted by Gasteiger charge is 2.39. The summed E-state index contributed by atoms with van der Waals surface area (Å²) in [5.41, 5.74) is 0.918. The number of β-amino-alcohol motifs (C(OH)–C–C–N with tert-alkyl or cyclic N) is 1. The second kappa shape index (κ2) is 6.47. The lowest BCUT2D eigenvalue weighted by Crippen LogP contribution is -2.54. The molecule has 4 nitrogen and oxygen atoms in total. The average molecular weight is 287 g/mol. The molecule has 1 aliphatic rings. The molecule has 0 saturated carbocycles. The lowest BCUT2D eigenvalue weighted by atomic mass is 9.92. The molecule has 6 heteroatoms. The van der Waals surface area contributed by atoms with E-state index < -0.39 is 24.6 Å². The fourth-order valence-corrected chi connectivity index (χ4v) is 2.53. The van der Waals surface area contributed by atoms with E-state index in [-0.39, 0.29) is 13.1 Å². The van der Waals surface area contributed by atoms with Crippen LogP contribution in [-0.4, -0.2) is 53.9 Å². The average Bonchev–Trinajstić information content (AvgIpc) is 2.42. The Balaban J connectivity index is 2.05. The maximum absolute atomic E-state index is 12.9. The predicted molar refractivity (Wildman–Crippen MR) is 69.8 cm³/mol. The first kappa shape index (κ1) is 15.2. The molecule has 2 rings (SSSR count). The van der Waals surface area contributed by atoms with E-state index in [1.54, 1.807) is 18.1 Å². The van der Waals surface area contributed by atoms with Crippen molar-refractivity contribution in [2.24, 2.45) is 5.92 Å². The van der Waals surface area contributed by atoms with Crippen LogP contribution >= 0.6 is 0 Å². The molecule has 1 aromatic carbocycles. The van der Waals surface area contributed by atoms with Crippen LogP contribution in [-0.2, 0) is 6.54 Å². The van der Waals surface area contributed by atoms with E-state index in [1.807, 2.05) is 18.2 Å². The standard InChI is InChI=1S/C14H19F2NO3/c1-20-10-4-2-3-9(5-10)6-17-7-11(14(15)16)13(19)12(18)8-17/h2-5,11-14,18-19H,6-8H2,1H3/t11?,12-,13-/m1/s1. The third-order valence-corrected chi connectivity index (χ3v) is 3.61. The molecule has 1 aromatic rings. The molecule has 1 saturated heterocycles. The zero-order chi connectivity index (χ0) is 14.7. The van der Waals surface area contributed by atoms with Gasteiger partial charge in [-0.05, 0) is 17.7 Å². The molecule has 0 bridgehead atoms. The van der Waals surface area contributed by atoms with E-state index >= 15 is 0 Å². The van der Waals surface area contributed by atoms with Gasteiger partial charge in [-0.3, -0.25) is 4.90 Å². The molecular formula is C14H19F2NO3. The number of hydrogen-bond acceptors (Lipinski definition) is 4. The van der Waals surface area contributed by atoms with Crippen molar-refractivity contribution in [1.29, 1.82) is 0 Å². The smallest absolute Gasteiger partial charge is 0.245 e. The summed E-state index contributed by atoms with van der Waals surface area (Å²) in [6.45, 7) is 0.679. The van der Waals surface area contributed by atoms with Gasteiger partial charge < -0.3 is 14.9 Å². The zero-order valence-corrected chi connectivity index (χ0v) is 11.2. The van der Waals surface area contributed by atoms with Gasteiger partial charge in [-0.25, -0.2) is 8.78 Å². The van der Waals surface area contributed by atoms with Crippen LogP contribution < -0.4 is 4.74 Å². The lowest BCUT2D eigenvalue weighted by Gasteiger charge is -2.38. The minimum atomic E-state index is -2.65. The van der Waals surface area contributed by atoms with Gasteiger partial charge in [0.15, 0.2) is 0 Å². The number of halogens is 2. The van der Waals surface area contributed by atoms with Gasteiger partial charge in [-0.2, -0.15) is 0 Å². The number of aliphatic hydroxyl groups excluding tert-OH is 2. The van der Waals surface area contributed by atoms with Crippen LogP contribution in [0.1, 0.15) is 5.56 Å². The Kier molecular flexibility index (Phi) is 4.91. The molecule has 2 N–H and O–H groups in total. The molecule has 1 heterocycles. The van der Waals surface area contributed by atoms with Crippen LogP contribution in [0.2, 0.25) is 0 Å². The fourth-order valence-electron chi connectivity index (χ4n) is 2.53. The Hall–Kier alpha value is -1.24. The van der Waals surface area contributed by atoms with Gasteiger partial charge in [0.25, 0.3) is 0 Å². The van der Waals surface area contributed by atoms with Crippen molar-refractivity contribution >= 4 is 0 Å². The van der Waals surface area contributed by atoms with Crippen molar-refractivity contribution in [3.05, 3.63) is 29.8 Å². The van der Waals surface area contributed by atoms with E-state index in [0.29, 0.717) is 12.3 Å². The Labute approximate surface area is 116 Å². The maximum atomic E-state index is 12.9. The van der Waals surface area contributed by atoms with Crippen LogP contribution in [0.15, 0.2) is 24.3 Å². The van der Waals surface area contributed by atoms with E-state index in [1.165, 1.54) is 0 Å². The Morgan fingerprint density at radius 3 is 2.75 bits per heavy atom. The van der Waals surface area contributed by atoms with Crippen molar-refractivity contribution in [2.45, 2.75) is 25.2 Å². The molecule has 0 aromatic heterocycles. The molecule has 3 atom stereocenters. The number of ether oxygens (including phenoxy) is 1. The number of aliphatic hydroxyl groups is 2. The number of nitrogens with zero attached hydrogens (tertiary/aromatic N) is 1. The second-order valence-corrected chi connectivity index (χ2v) is 5.10. The summed E-state index contributed by atoms with van der Waals surface area (Å²) in [6.07, 6.45) is -5.15. The third-order valence-electron chi connectivity index (χ3n) is 3.61. The van der Waals surface area contributed by atoms with E-state index in [9.17, 15) is 19.0 Å². The van der Waals surface area contributed by atoms with Gasteiger partial charge >= 0.3 is 0 Å². The van der Waals surface area contributed by atoms with Crippen molar-refractivity contribution in [1.82, 2.24) is 4.90 Å². The van der Waals surface area contributed by atoms with Gasteiger partial charge in [-0.1, -0.05) is 12.1 Å². The summed E-state index contributed by atoms with van der Waals surface area (Å²) in [6, 6.07) is 7.33. The quantitative estimate of drug-likeness (QED) is 0.871. The summed E-state index contributed by atoms with van der Waals surface area (Å²) in [7, 11) is 1.56. The van der Waals surface area contributed by atoms with Crippen molar-refractivity contribution in [3.63, 3.8) is 0 Å². The maximum Gasteiger partial charge on any atom is 0.245 e. The SMILES string of the molecule is COc1cccc(CN2CC(C(F)F)[C@@H](O)[C@H](O)C2)c1. The van der Waals surface area contributed by atoms with Crippen molar-refractivity contribution in [3.8, 4) is 5.75 Å². The molecule has 112 valence electrons. The highest BCUT2D eigenvalue weighted by molar-refractivity contribution is 5.28. The molecule has 0 amide bonds. The van der Waals surface area contributed by atoms with Gasteiger partial charge in [0, 0.05) is 19.6 Å². The van der Waals surface area contributed by atoms with Crippen LogP contribution in [0.3, 0.4) is 0 Å². The fraction of sp³-hybridized carbons (Fsp3) is 0.571. The van der Waals surface area contributed by atoms with Crippen LogP contribution in [0, 0.1) is 5.92 Å². The van der Waals surface area contributed by atoms with Gasteiger partial charge in [0.1, 0.15) is 5.75 Å². The third kappa shape index (κ3) is 3.45. The number of alkyl halides is 2. The van der Waals surface area contributed by atoms with Crippen LogP contribution in [0.5, 0.6) is 5.75 Å². The van der Waals surface area contributed by atoms with E-state index in [2.05, 4.69) is 0 Å². The van der Waals surface area contributed by atoms with Crippen molar-refractivity contribution < 1.29 is 23.7 Å². The summed E-state index contributed by atoms with van der Waals surface area (Å²) in [4.78, 5) is 1.73. The number of piperidine rings is 1. The summed E-state index contributed by atoms with van der Waals surface area (Å²) in [5.74, 6) is -0.519. The number of hydrogen-bond donors (Lipinski definition) is 2. The Morgan fingerprint density at radius 2 is 2.10 bits per heavy atom. The Bertz CT molecular complexity index is 444. The number of likely N-dealkylation sites (tertiary alicyclic amines) is 1. The van der Waals surface area contributed by atoms with E-state index in [4.69, 9.17) is 4.74 Å². The van der Waals surface area contributed by atoms with Crippen LogP contribution in [0.25, 0.3) is 0 Å². The topological polar surface area (TPSA) is 52.9 Å². The first-order valence-corrected chi connectivity index (χ1v) is 6.51. The minimum absolute atomic E-state index is 0.0626. The molecule has 0 spiro atoms. The first-order chi connectivity index (χ1) is 9.51. The largest absolute Gasteiger partial charge is 0.497 e. The van der Waals surface area contributed by atoms with Crippen molar-refractivity contribution in [2.75, 3.05) is 20.2 Å². The molecular weight excluding hydrogens is 268 g/mol. The number of rotatable bonds is 4. The second-order valence-electron chi connectivity index (χ2n) is 5.10. The van der Waals surface area contributed by atoms with Crippen LogP contribution in [0.4, 0.5) is 8.78 Å². The molecule has 0 aliphatic carbocycles. The molecule has 1 unspecified atom stereocenters. The monoisotopic (exact) mass is 287 g/mol. The summed E-state index contributed by atoms with van der Waals surface area (Å²) in [5, 5.41) is 19.3. The molecule has 1 aliphatic heterocycles. The van der Waals surface area contributed by atoms with Gasteiger partial charge in [0.05, 0.1) is 25.2 Å². The van der Waals surface area contributed by atoms with Gasteiger partial charge in [-0.15, -0.1) is 0 Å². The highest BCUT2D eigenvalue weighted by Crippen LogP contribution is 2.25. The molecule has 20 heavy (non-hydrogen) atoms. The molecule has 1 fully saturated rings.